The lowest BCUT2D eigenvalue weighted by Crippen LogP contribution is -2.54. The number of fused-ring (bicyclic) bond motifs is 1. The molecule has 9 nitrogen and oxygen atoms in total. The van der Waals surface area contributed by atoms with Gasteiger partial charge in [-0.2, -0.15) is 0 Å². The lowest BCUT2D eigenvalue weighted by Gasteiger charge is -2.37. The number of benzene rings is 2. The normalized spacial score (nSPS) is 15.7. The molecule has 2 aromatic carbocycles. The van der Waals surface area contributed by atoms with Gasteiger partial charge in [-0.25, -0.2) is 14.4 Å². The van der Waals surface area contributed by atoms with Crippen molar-refractivity contribution < 1.29 is 24.1 Å². The fourth-order valence-electron chi connectivity index (χ4n) is 4.04. The summed E-state index contributed by atoms with van der Waals surface area (Å²) >= 11 is 5.86. The quantitative estimate of drug-likeness (QED) is 0.307. The fraction of sp³-hybridized carbons (Fsp3) is 0.417. The maximum absolute atomic E-state index is 14.3. The highest BCUT2D eigenvalue weighted by molar-refractivity contribution is 6.30. The van der Waals surface area contributed by atoms with Crippen LogP contribution in [0.2, 0.25) is 5.02 Å². The number of anilines is 2. The van der Waals surface area contributed by atoms with E-state index in [0.29, 0.717) is 59.2 Å². The molecule has 4 N–H and O–H groups in total. The molecular weight excluding hydrogens is 512 g/mol. The molecule has 2 heterocycles. The number of hydrogen-bond acceptors (Lipinski definition) is 9. The highest BCUT2D eigenvalue weighted by atomic mass is 35.5. The Hall–Kier alpha value is -2.47. The van der Waals surface area contributed by atoms with Gasteiger partial charge in [-0.1, -0.05) is 11.6 Å². The third-order valence-electron chi connectivity index (χ3n) is 5.85. The Labute approximate surface area is 220 Å². The molecule has 1 aliphatic rings. The molecule has 1 fully saturated rings. The van der Waals surface area contributed by atoms with Crippen molar-refractivity contribution in [1.29, 1.82) is 0 Å². The van der Waals surface area contributed by atoms with Crippen molar-refractivity contribution in [2.75, 3.05) is 45.2 Å². The molecule has 1 aromatic heterocycles. The largest absolute Gasteiger partial charge is 0.493 e. The van der Waals surface area contributed by atoms with E-state index in [0.717, 1.165) is 13.1 Å². The summed E-state index contributed by atoms with van der Waals surface area (Å²) in [6, 6.07) is 7.77. The summed E-state index contributed by atoms with van der Waals surface area (Å²) in [5, 5.41) is 27.3. The number of halogens is 3. The number of aromatic nitrogens is 2. The lowest BCUT2D eigenvalue weighted by atomic mass is 10.1. The van der Waals surface area contributed by atoms with E-state index in [1.54, 1.807) is 18.2 Å². The second kappa shape index (κ2) is 13.2. The minimum Gasteiger partial charge on any atom is -0.493 e. The molecule has 0 saturated carbocycles. The van der Waals surface area contributed by atoms with E-state index in [2.05, 4.69) is 25.5 Å². The molecule has 36 heavy (non-hydrogen) atoms. The maximum atomic E-state index is 14.3. The molecule has 1 aliphatic heterocycles. The summed E-state index contributed by atoms with van der Waals surface area (Å²) in [7, 11) is 1.52. The van der Waals surface area contributed by atoms with E-state index in [-0.39, 0.29) is 24.7 Å². The minimum absolute atomic E-state index is 0. The Bertz CT molecular complexity index is 1150. The SMILES string of the molecule is COc1cc2c(Nc3ccc(Cl)cc3F)ncnc2cc1OC(C(O)CCCO)N1CCNCC1.Cl. The topological polar surface area (TPSA) is 112 Å². The summed E-state index contributed by atoms with van der Waals surface area (Å²) in [6.07, 6.45) is 0.794. The maximum Gasteiger partial charge on any atom is 0.179 e. The molecule has 0 amide bonds. The predicted octanol–water partition coefficient (Wildman–Crippen LogP) is 3.34. The summed E-state index contributed by atoms with van der Waals surface area (Å²) in [6.45, 7) is 2.97. The van der Waals surface area contributed by atoms with E-state index < -0.39 is 18.1 Å². The van der Waals surface area contributed by atoms with Gasteiger partial charge in [-0.05, 0) is 37.1 Å². The van der Waals surface area contributed by atoms with Gasteiger partial charge in [0.2, 0.25) is 0 Å². The second-order valence-corrected chi connectivity index (χ2v) is 8.66. The van der Waals surface area contributed by atoms with E-state index in [1.807, 2.05) is 0 Å². The molecule has 3 aromatic rings. The zero-order valence-corrected chi connectivity index (χ0v) is 21.4. The average Bonchev–Trinajstić information content (AvgIpc) is 2.87. The van der Waals surface area contributed by atoms with Gasteiger partial charge in [0.05, 0.1) is 18.3 Å². The van der Waals surface area contributed by atoms with Crippen LogP contribution in [0.3, 0.4) is 0 Å². The molecule has 4 rings (SSSR count). The van der Waals surface area contributed by atoms with E-state index >= 15 is 0 Å². The number of aliphatic hydroxyl groups is 2. The molecule has 2 unspecified atom stereocenters. The van der Waals surface area contributed by atoms with Crippen LogP contribution in [0.1, 0.15) is 12.8 Å². The molecular formula is C24H30Cl2FN5O4. The Morgan fingerprint density at radius 1 is 1.19 bits per heavy atom. The first kappa shape index (κ1) is 28.1. The van der Waals surface area contributed by atoms with Crippen LogP contribution in [-0.4, -0.2) is 77.3 Å². The minimum atomic E-state index is -0.809. The van der Waals surface area contributed by atoms with Crippen molar-refractivity contribution in [3.8, 4) is 11.5 Å². The summed E-state index contributed by atoms with van der Waals surface area (Å²) in [5.41, 5.74) is 0.774. The number of ether oxygens (including phenoxy) is 2. The first-order chi connectivity index (χ1) is 17.0. The highest BCUT2D eigenvalue weighted by Gasteiger charge is 2.30. The molecule has 1 saturated heterocycles. The van der Waals surface area contributed by atoms with Crippen molar-refractivity contribution in [2.24, 2.45) is 0 Å². The number of rotatable bonds is 10. The smallest absolute Gasteiger partial charge is 0.179 e. The standard InChI is InChI=1S/C24H29ClFN5O4.ClH/c1-34-21-12-16-19(28-14-29-23(16)30-18-5-4-15(25)11-17(18)26)13-22(21)35-24(20(33)3-2-10-32)31-8-6-27-7-9-31;/h4-5,11-14,20,24,27,32-33H,2-3,6-10H2,1H3,(H,28,29,30);1H. The lowest BCUT2D eigenvalue weighted by molar-refractivity contribution is -0.0749. The van der Waals surface area contributed by atoms with Gasteiger partial charge < -0.3 is 30.3 Å². The van der Waals surface area contributed by atoms with Crippen molar-refractivity contribution in [1.82, 2.24) is 20.2 Å². The Morgan fingerprint density at radius 3 is 2.67 bits per heavy atom. The van der Waals surface area contributed by atoms with Crippen LogP contribution in [0.15, 0.2) is 36.7 Å². The Kier molecular flexibility index (Phi) is 10.3. The van der Waals surface area contributed by atoms with Gasteiger partial charge in [0.25, 0.3) is 0 Å². The van der Waals surface area contributed by atoms with Crippen LogP contribution in [0, 0.1) is 5.82 Å². The first-order valence-corrected chi connectivity index (χ1v) is 11.8. The monoisotopic (exact) mass is 541 g/mol. The molecule has 196 valence electrons. The summed E-state index contributed by atoms with van der Waals surface area (Å²) in [4.78, 5) is 10.7. The van der Waals surface area contributed by atoms with Crippen LogP contribution in [0.5, 0.6) is 11.5 Å². The van der Waals surface area contributed by atoms with E-state index in [1.165, 1.54) is 25.6 Å². The molecule has 0 aliphatic carbocycles. The van der Waals surface area contributed by atoms with Gasteiger partial charge in [-0.15, -0.1) is 12.4 Å². The zero-order valence-electron chi connectivity index (χ0n) is 19.8. The third-order valence-corrected chi connectivity index (χ3v) is 6.09. The Morgan fingerprint density at radius 2 is 1.97 bits per heavy atom. The zero-order chi connectivity index (χ0) is 24.8. The van der Waals surface area contributed by atoms with Crippen LogP contribution >= 0.6 is 24.0 Å². The van der Waals surface area contributed by atoms with Crippen molar-refractivity contribution >= 4 is 46.4 Å². The summed E-state index contributed by atoms with van der Waals surface area (Å²) < 4.78 is 26.3. The molecule has 0 spiro atoms. The molecule has 2 atom stereocenters. The summed E-state index contributed by atoms with van der Waals surface area (Å²) in [5.74, 6) is 0.713. The van der Waals surface area contributed by atoms with Crippen LogP contribution < -0.4 is 20.1 Å². The molecule has 0 bridgehead atoms. The number of aliphatic hydroxyl groups excluding tert-OH is 2. The fourth-order valence-corrected chi connectivity index (χ4v) is 4.20. The first-order valence-electron chi connectivity index (χ1n) is 11.5. The number of nitrogens with one attached hydrogen (secondary N) is 2. The van der Waals surface area contributed by atoms with Gasteiger partial charge in [0, 0.05) is 49.3 Å². The molecule has 0 radical (unpaired) electrons. The number of nitrogens with zero attached hydrogens (tertiary/aromatic N) is 3. The van der Waals surface area contributed by atoms with Gasteiger partial charge in [0.15, 0.2) is 17.7 Å². The van der Waals surface area contributed by atoms with Gasteiger partial charge in [-0.3, -0.25) is 4.90 Å². The van der Waals surface area contributed by atoms with Crippen molar-refractivity contribution in [3.63, 3.8) is 0 Å². The van der Waals surface area contributed by atoms with Crippen LogP contribution in [0.25, 0.3) is 10.9 Å². The second-order valence-electron chi connectivity index (χ2n) is 8.22. The number of piperazine rings is 1. The van der Waals surface area contributed by atoms with Gasteiger partial charge in [0.1, 0.15) is 24.1 Å². The molecule has 12 heteroatoms. The number of hydrogen-bond donors (Lipinski definition) is 4. The van der Waals surface area contributed by atoms with Crippen LogP contribution in [-0.2, 0) is 0 Å². The average molecular weight is 542 g/mol. The van der Waals surface area contributed by atoms with E-state index in [4.69, 9.17) is 21.1 Å². The highest BCUT2D eigenvalue weighted by Crippen LogP contribution is 2.36. The van der Waals surface area contributed by atoms with Crippen molar-refractivity contribution in [2.45, 2.75) is 25.2 Å². The van der Waals surface area contributed by atoms with E-state index in [9.17, 15) is 14.6 Å². The van der Waals surface area contributed by atoms with Crippen LogP contribution in [0.4, 0.5) is 15.9 Å². The third kappa shape index (κ3) is 6.64. The predicted molar refractivity (Wildman–Crippen MR) is 139 cm³/mol. The Balaban J connectivity index is 0.00000361. The number of methoxy groups -OCH3 is 1. The van der Waals surface area contributed by atoms with Gasteiger partial charge >= 0.3 is 0 Å². The van der Waals surface area contributed by atoms with Crippen molar-refractivity contribution in [3.05, 3.63) is 47.5 Å².